The quantitative estimate of drug-likeness (QED) is 0.543. The summed E-state index contributed by atoms with van der Waals surface area (Å²) in [5.41, 5.74) is 4.66. The lowest BCUT2D eigenvalue weighted by molar-refractivity contribution is -0.145. The summed E-state index contributed by atoms with van der Waals surface area (Å²) in [5, 5.41) is 2.68. The molecular weight excluding hydrogens is 437 g/mol. The van der Waals surface area contributed by atoms with E-state index in [-0.39, 0.29) is 24.5 Å². The van der Waals surface area contributed by atoms with Gasteiger partial charge in [0, 0.05) is 42.3 Å². The number of alkyl halides is 1. The van der Waals surface area contributed by atoms with Crippen molar-refractivity contribution in [3.8, 4) is 11.3 Å². The molecule has 2 unspecified atom stereocenters. The first-order chi connectivity index (χ1) is 16.4. The maximum atomic E-state index is 13.3. The van der Waals surface area contributed by atoms with Gasteiger partial charge in [0.2, 0.25) is 5.91 Å². The Hall–Kier alpha value is -3.81. The molecule has 0 aliphatic heterocycles. The highest BCUT2D eigenvalue weighted by Crippen LogP contribution is 2.37. The highest BCUT2D eigenvalue weighted by atomic mass is 19.1. The predicted octanol–water partition coefficient (Wildman–Crippen LogP) is 3.88. The number of rotatable bonds is 6. The van der Waals surface area contributed by atoms with Gasteiger partial charge >= 0.3 is 5.97 Å². The van der Waals surface area contributed by atoms with Gasteiger partial charge in [-0.15, -0.1) is 0 Å². The monoisotopic (exact) mass is 461 g/mol. The molecule has 1 fully saturated rings. The third-order valence-corrected chi connectivity index (χ3v) is 6.45. The SMILES string of the molecule is COC(=O)C1CC(=O)c2c([nH]c(-c3ccnc(NC(=O)C4C[C@H]4F)c3)c2Cc2ccccc2)C1. The lowest BCUT2D eigenvalue weighted by atomic mass is 9.84. The summed E-state index contributed by atoms with van der Waals surface area (Å²) in [5.74, 6) is -1.72. The van der Waals surface area contributed by atoms with Gasteiger partial charge in [-0.25, -0.2) is 9.37 Å². The number of anilines is 1. The Labute approximate surface area is 195 Å². The van der Waals surface area contributed by atoms with Gasteiger partial charge in [-0.1, -0.05) is 30.3 Å². The number of benzene rings is 1. The van der Waals surface area contributed by atoms with Crippen molar-refractivity contribution < 1.29 is 23.5 Å². The highest BCUT2D eigenvalue weighted by molar-refractivity contribution is 6.04. The van der Waals surface area contributed by atoms with Gasteiger partial charge in [0.25, 0.3) is 0 Å². The van der Waals surface area contributed by atoms with Gasteiger partial charge in [0.05, 0.1) is 24.6 Å². The summed E-state index contributed by atoms with van der Waals surface area (Å²) >= 11 is 0. The van der Waals surface area contributed by atoms with Crippen LogP contribution in [0, 0.1) is 11.8 Å². The van der Waals surface area contributed by atoms with Crippen LogP contribution in [0.2, 0.25) is 0 Å². The number of halogens is 1. The van der Waals surface area contributed by atoms with Crippen LogP contribution < -0.4 is 5.32 Å². The standard InChI is InChI=1S/C26H24FN3O4/c1-34-26(33)16-10-20-23(21(31)11-16)18(9-14-5-3-2-4-6-14)24(29-20)15-7-8-28-22(12-15)30-25(32)17-13-19(17)27/h2-8,12,16-17,19,29H,9-11,13H2,1H3,(H,28,30,32)/t16?,17?,19-/m1/s1. The number of methoxy groups -OCH3 is 1. The van der Waals surface area contributed by atoms with Crippen LogP contribution in [-0.2, 0) is 27.2 Å². The molecule has 1 aromatic carbocycles. The molecule has 1 saturated carbocycles. The molecule has 0 spiro atoms. The average Bonchev–Trinajstić information content (AvgIpc) is 3.47. The second-order valence-corrected chi connectivity index (χ2v) is 8.82. The van der Waals surface area contributed by atoms with Gasteiger partial charge in [-0.05, 0) is 29.7 Å². The number of H-pyrrole nitrogens is 1. The number of amides is 1. The van der Waals surface area contributed by atoms with Crippen LogP contribution in [0.3, 0.4) is 0 Å². The van der Waals surface area contributed by atoms with Gasteiger partial charge in [0.1, 0.15) is 12.0 Å². The minimum atomic E-state index is -1.09. The van der Waals surface area contributed by atoms with Gasteiger partial charge < -0.3 is 15.0 Å². The lowest BCUT2D eigenvalue weighted by Gasteiger charge is -2.19. The summed E-state index contributed by atoms with van der Waals surface area (Å²) in [6, 6.07) is 13.3. The van der Waals surface area contributed by atoms with Crippen molar-refractivity contribution in [2.45, 2.75) is 31.9 Å². The Morgan fingerprint density at radius 3 is 2.68 bits per heavy atom. The van der Waals surface area contributed by atoms with E-state index in [0.717, 1.165) is 22.4 Å². The zero-order valence-corrected chi connectivity index (χ0v) is 18.6. The van der Waals surface area contributed by atoms with Gasteiger partial charge in [-0.2, -0.15) is 0 Å². The molecule has 3 aromatic rings. The van der Waals surface area contributed by atoms with Crippen LogP contribution in [0.5, 0.6) is 0 Å². The first-order valence-corrected chi connectivity index (χ1v) is 11.2. The summed E-state index contributed by atoms with van der Waals surface area (Å²) in [6.07, 6.45) is 1.71. The number of carbonyl (C=O) groups is 3. The molecule has 174 valence electrons. The number of nitrogens with zero attached hydrogens (tertiary/aromatic N) is 1. The molecule has 8 heteroatoms. The number of aromatic amines is 1. The molecule has 0 radical (unpaired) electrons. The van der Waals surface area contributed by atoms with E-state index < -0.39 is 24.0 Å². The van der Waals surface area contributed by atoms with E-state index in [1.807, 2.05) is 30.3 Å². The van der Waals surface area contributed by atoms with Crippen LogP contribution in [0.1, 0.15) is 40.0 Å². The van der Waals surface area contributed by atoms with Crippen molar-refractivity contribution in [2.24, 2.45) is 11.8 Å². The van der Waals surface area contributed by atoms with Crippen molar-refractivity contribution in [3.05, 3.63) is 71.0 Å². The molecule has 34 heavy (non-hydrogen) atoms. The number of Topliss-reactive ketones (excluding diaryl/α,β-unsaturated/α-hetero) is 1. The minimum absolute atomic E-state index is 0.0994. The molecule has 7 nitrogen and oxygen atoms in total. The number of aromatic nitrogens is 2. The largest absolute Gasteiger partial charge is 0.469 e. The predicted molar refractivity (Wildman–Crippen MR) is 123 cm³/mol. The van der Waals surface area contributed by atoms with E-state index in [9.17, 15) is 18.8 Å². The Kier molecular flexibility index (Phi) is 5.73. The number of hydrogen-bond donors (Lipinski definition) is 2. The first-order valence-electron chi connectivity index (χ1n) is 11.2. The van der Waals surface area contributed by atoms with Crippen LogP contribution in [0.4, 0.5) is 10.2 Å². The molecule has 0 saturated heterocycles. The molecular formula is C26H24FN3O4. The Balaban J connectivity index is 1.54. The van der Waals surface area contributed by atoms with Crippen molar-refractivity contribution in [1.82, 2.24) is 9.97 Å². The van der Waals surface area contributed by atoms with E-state index in [0.29, 0.717) is 29.9 Å². The summed E-state index contributed by atoms with van der Waals surface area (Å²) in [6.45, 7) is 0. The first kappa shape index (κ1) is 22.0. The summed E-state index contributed by atoms with van der Waals surface area (Å²) in [7, 11) is 1.32. The number of fused-ring (bicyclic) bond motifs is 1. The van der Waals surface area contributed by atoms with Crippen LogP contribution >= 0.6 is 0 Å². The fraction of sp³-hybridized carbons (Fsp3) is 0.308. The third-order valence-electron chi connectivity index (χ3n) is 6.45. The molecule has 0 bridgehead atoms. The van der Waals surface area contributed by atoms with Crippen molar-refractivity contribution >= 4 is 23.5 Å². The number of carbonyl (C=O) groups excluding carboxylic acids is 3. The minimum Gasteiger partial charge on any atom is -0.469 e. The topological polar surface area (TPSA) is 101 Å². The molecule has 3 atom stereocenters. The zero-order valence-electron chi connectivity index (χ0n) is 18.6. The van der Waals surface area contributed by atoms with Gasteiger partial charge in [0.15, 0.2) is 5.78 Å². The lowest BCUT2D eigenvalue weighted by Crippen LogP contribution is -2.27. The van der Waals surface area contributed by atoms with Crippen molar-refractivity contribution in [1.29, 1.82) is 0 Å². The fourth-order valence-electron chi connectivity index (χ4n) is 4.60. The second-order valence-electron chi connectivity index (χ2n) is 8.82. The number of ether oxygens (including phenoxy) is 1. The highest BCUT2D eigenvalue weighted by Gasteiger charge is 2.43. The maximum absolute atomic E-state index is 13.3. The molecule has 1 amide bonds. The smallest absolute Gasteiger partial charge is 0.309 e. The van der Waals surface area contributed by atoms with Crippen LogP contribution in [-0.4, -0.2) is 40.9 Å². The van der Waals surface area contributed by atoms with Crippen molar-refractivity contribution in [3.63, 3.8) is 0 Å². The Morgan fingerprint density at radius 1 is 1.21 bits per heavy atom. The van der Waals surface area contributed by atoms with Crippen molar-refractivity contribution in [2.75, 3.05) is 12.4 Å². The van der Waals surface area contributed by atoms with Crippen LogP contribution in [0.25, 0.3) is 11.3 Å². The van der Waals surface area contributed by atoms with E-state index in [1.54, 1.807) is 18.3 Å². The van der Waals surface area contributed by atoms with E-state index in [4.69, 9.17) is 4.74 Å². The molecule has 2 heterocycles. The zero-order chi connectivity index (χ0) is 23.8. The summed E-state index contributed by atoms with van der Waals surface area (Å²) in [4.78, 5) is 45.1. The molecule has 2 aliphatic carbocycles. The average molecular weight is 461 g/mol. The Bertz CT molecular complexity index is 1270. The number of esters is 1. The van der Waals surface area contributed by atoms with E-state index in [1.165, 1.54) is 7.11 Å². The molecule has 5 rings (SSSR count). The van der Waals surface area contributed by atoms with E-state index in [2.05, 4.69) is 15.3 Å². The maximum Gasteiger partial charge on any atom is 0.309 e. The van der Waals surface area contributed by atoms with E-state index >= 15 is 0 Å². The Morgan fingerprint density at radius 2 is 1.97 bits per heavy atom. The third kappa shape index (κ3) is 4.23. The molecule has 2 aromatic heterocycles. The summed E-state index contributed by atoms with van der Waals surface area (Å²) < 4.78 is 18.1. The number of pyridine rings is 1. The molecule has 2 N–H and O–H groups in total. The number of ketones is 1. The number of nitrogens with one attached hydrogen (secondary N) is 2. The van der Waals surface area contributed by atoms with Gasteiger partial charge in [-0.3, -0.25) is 14.4 Å². The number of hydrogen-bond acceptors (Lipinski definition) is 5. The normalized spacial score (nSPS) is 21.0. The second kappa shape index (κ2) is 8.85. The van der Waals surface area contributed by atoms with Crippen LogP contribution in [0.15, 0.2) is 48.7 Å². The fourth-order valence-corrected chi connectivity index (χ4v) is 4.60. The molecule has 2 aliphatic rings.